The molecule has 1 atom stereocenters. The molecule has 0 saturated heterocycles. The van der Waals surface area contributed by atoms with E-state index in [9.17, 15) is 13.6 Å². The van der Waals surface area contributed by atoms with Crippen LogP contribution in [0.1, 0.15) is 50.8 Å². The smallest absolute Gasteiger partial charge is 0.259 e. The summed E-state index contributed by atoms with van der Waals surface area (Å²) in [5, 5.41) is 9.33. The predicted octanol–water partition coefficient (Wildman–Crippen LogP) is 2.13. The molecule has 2 saturated carbocycles. The zero-order chi connectivity index (χ0) is 14.2. The second kappa shape index (κ2) is 4.79. The number of aromatic nitrogens is 3. The highest BCUT2D eigenvalue weighted by atomic mass is 19.3. The third-order valence-corrected chi connectivity index (χ3v) is 4.52. The van der Waals surface area contributed by atoms with E-state index in [-0.39, 0.29) is 12.8 Å². The predicted molar refractivity (Wildman–Crippen MR) is 67.0 cm³/mol. The summed E-state index contributed by atoms with van der Waals surface area (Å²) in [6, 6.07) is 0. The quantitative estimate of drug-likeness (QED) is 0.893. The third kappa shape index (κ3) is 2.19. The minimum atomic E-state index is -2.89. The Morgan fingerprint density at radius 2 is 2.10 bits per heavy atom. The molecule has 1 unspecified atom stereocenters. The van der Waals surface area contributed by atoms with Gasteiger partial charge in [0.15, 0.2) is 0 Å². The summed E-state index contributed by atoms with van der Waals surface area (Å²) in [5.41, 5.74) is -0.624. The first-order valence-corrected chi connectivity index (χ1v) is 7.09. The molecule has 0 aromatic carbocycles. The zero-order valence-corrected chi connectivity index (χ0v) is 11.2. The molecule has 7 heteroatoms. The van der Waals surface area contributed by atoms with Gasteiger partial charge in [-0.05, 0) is 32.1 Å². The molecule has 20 heavy (non-hydrogen) atoms. The van der Waals surface area contributed by atoms with E-state index in [4.69, 9.17) is 0 Å². The Morgan fingerprint density at radius 1 is 1.30 bits per heavy atom. The maximum Gasteiger partial charge on any atom is 0.259 e. The van der Waals surface area contributed by atoms with Crippen LogP contribution in [0.4, 0.5) is 8.78 Å². The van der Waals surface area contributed by atoms with Crippen LogP contribution in [0.3, 0.4) is 0 Å². The van der Waals surface area contributed by atoms with Gasteiger partial charge in [-0.25, -0.2) is 13.8 Å². The van der Waals surface area contributed by atoms with Crippen molar-refractivity contribution in [2.45, 2.75) is 56.4 Å². The number of carbonyl (C=O) groups is 1. The van der Waals surface area contributed by atoms with Crippen molar-refractivity contribution in [1.29, 1.82) is 0 Å². The minimum Gasteiger partial charge on any atom is -0.343 e. The number of hydrogen-bond donors (Lipinski definition) is 2. The molecule has 0 aliphatic heterocycles. The Morgan fingerprint density at radius 3 is 2.65 bits per heavy atom. The molecule has 110 valence electrons. The van der Waals surface area contributed by atoms with Gasteiger partial charge in [0.1, 0.15) is 18.1 Å². The van der Waals surface area contributed by atoms with E-state index in [1.54, 1.807) is 0 Å². The Hall–Kier alpha value is -1.53. The number of alkyl halides is 2. The van der Waals surface area contributed by atoms with Gasteiger partial charge in [0.2, 0.25) is 5.91 Å². The summed E-state index contributed by atoms with van der Waals surface area (Å²) < 4.78 is 27.7. The Bertz CT molecular complexity index is 485. The van der Waals surface area contributed by atoms with Crippen LogP contribution in [0.15, 0.2) is 6.33 Å². The summed E-state index contributed by atoms with van der Waals surface area (Å²) in [5.74, 6) is -4.09. The fraction of sp³-hybridized carbons (Fsp3) is 0.769. The van der Waals surface area contributed by atoms with Crippen molar-refractivity contribution in [3.8, 4) is 0 Å². The first-order chi connectivity index (χ1) is 9.54. The minimum absolute atomic E-state index is 0.194. The second-order valence-electron chi connectivity index (χ2n) is 5.82. The van der Waals surface area contributed by atoms with Crippen molar-refractivity contribution < 1.29 is 13.6 Å². The fourth-order valence-corrected chi connectivity index (χ4v) is 3.13. The van der Waals surface area contributed by atoms with E-state index < -0.39 is 23.3 Å². The molecule has 1 heterocycles. The molecule has 5 nitrogen and oxygen atoms in total. The average Bonchev–Trinajstić information content (AvgIpc) is 2.87. The van der Waals surface area contributed by atoms with Gasteiger partial charge >= 0.3 is 0 Å². The summed E-state index contributed by atoms with van der Waals surface area (Å²) in [6.45, 7) is 0. The number of H-pyrrole nitrogens is 1. The van der Waals surface area contributed by atoms with E-state index >= 15 is 0 Å². The van der Waals surface area contributed by atoms with Crippen LogP contribution in [0.25, 0.3) is 0 Å². The molecule has 2 N–H and O–H groups in total. The third-order valence-electron chi connectivity index (χ3n) is 4.52. The highest BCUT2D eigenvalue weighted by Gasteiger charge is 2.49. The molecule has 1 amide bonds. The number of nitrogens with zero attached hydrogens (tertiary/aromatic N) is 2. The Labute approximate surface area is 115 Å². The highest BCUT2D eigenvalue weighted by molar-refractivity contribution is 5.80. The van der Waals surface area contributed by atoms with Gasteiger partial charge in [0.05, 0.1) is 5.54 Å². The van der Waals surface area contributed by atoms with Crippen LogP contribution in [0, 0.1) is 5.92 Å². The maximum atomic E-state index is 13.9. The second-order valence-corrected chi connectivity index (χ2v) is 5.82. The van der Waals surface area contributed by atoms with Crippen LogP contribution in [0.5, 0.6) is 0 Å². The first kappa shape index (κ1) is 13.5. The lowest BCUT2D eigenvalue weighted by Crippen LogP contribution is -2.55. The summed E-state index contributed by atoms with van der Waals surface area (Å²) in [4.78, 5) is 16.3. The Balaban J connectivity index is 1.75. The number of carbonyl (C=O) groups excluding carboxylic acids is 1. The molecule has 2 aliphatic rings. The molecular formula is C13H18F2N4O. The SMILES string of the molecule is O=C(NC1(c2ncn[nH]2)CCC1)C1CCCCC1(F)F. The largest absolute Gasteiger partial charge is 0.343 e. The van der Waals surface area contributed by atoms with E-state index in [1.807, 2.05) is 0 Å². The van der Waals surface area contributed by atoms with Crippen LogP contribution in [0.2, 0.25) is 0 Å². The van der Waals surface area contributed by atoms with E-state index in [0.29, 0.717) is 31.5 Å². The van der Waals surface area contributed by atoms with Crippen molar-refractivity contribution in [2.75, 3.05) is 0 Å². The number of nitrogens with one attached hydrogen (secondary N) is 2. The van der Waals surface area contributed by atoms with Crippen molar-refractivity contribution in [1.82, 2.24) is 20.5 Å². The number of aromatic amines is 1. The molecular weight excluding hydrogens is 266 g/mol. The fourth-order valence-electron chi connectivity index (χ4n) is 3.13. The lowest BCUT2D eigenvalue weighted by Gasteiger charge is -2.42. The van der Waals surface area contributed by atoms with Crippen LogP contribution >= 0.6 is 0 Å². The monoisotopic (exact) mass is 284 g/mol. The van der Waals surface area contributed by atoms with Gasteiger partial charge in [-0.2, -0.15) is 5.10 Å². The molecule has 0 bridgehead atoms. The molecule has 0 spiro atoms. The van der Waals surface area contributed by atoms with E-state index in [1.165, 1.54) is 6.33 Å². The molecule has 2 fully saturated rings. The van der Waals surface area contributed by atoms with E-state index in [0.717, 1.165) is 6.42 Å². The molecule has 1 aromatic rings. The zero-order valence-electron chi connectivity index (χ0n) is 11.2. The Kier molecular flexibility index (Phi) is 3.22. The molecule has 0 radical (unpaired) electrons. The highest BCUT2D eigenvalue weighted by Crippen LogP contribution is 2.42. The normalized spacial score (nSPS) is 27.6. The molecule has 2 aliphatic carbocycles. The van der Waals surface area contributed by atoms with Crippen molar-refractivity contribution >= 4 is 5.91 Å². The number of amides is 1. The van der Waals surface area contributed by atoms with Gasteiger partial charge in [-0.3, -0.25) is 9.89 Å². The summed E-state index contributed by atoms with van der Waals surface area (Å²) in [7, 11) is 0. The van der Waals surface area contributed by atoms with Gasteiger partial charge in [-0.15, -0.1) is 0 Å². The van der Waals surface area contributed by atoms with Crippen molar-refractivity contribution in [2.24, 2.45) is 5.92 Å². The standard InChI is InChI=1S/C13H18F2N4O/c14-13(15)7-2-1-4-9(13)10(20)18-12(5-3-6-12)11-16-8-17-19-11/h8-9H,1-7H2,(H,18,20)(H,16,17,19). The van der Waals surface area contributed by atoms with Gasteiger partial charge in [0, 0.05) is 6.42 Å². The number of rotatable bonds is 3. The van der Waals surface area contributed by atoms with Gasteiger partial charge in [0.25, 0.3) is 5.92 Å². The number of hydrogen-bond acceptors (Lipinski definition) is 3. The first-order valence-electron chi connectivity index (χ1n) is 7.09. The average molecular weight is 284 g/mol. The van der Waals surface area contributed by atoms with Crippen molar-refractivity contribution in [3.63, 3.8) is 0 Å². The summed E-state index contributed by atoms with van der Waals surface area (Å²) in [6.07, 6.45) is 4.98. The lowest BCUT2D eigenvalue weighted by atomic mass is 9.75. The summed E-state index contributed by atoms with van der Waals surface area (Å²) >= 11 is 0. The lowest BCUT2D eigenvalue weighted by molar-refractivity contribution is -0.148. The van der Waals surface area contributed by atoms with Gasteiger partial charge in [-0.1, -0.05) is 6.42 Å². The maximum absolute atomic E-state index is 13.9. The molecule has 3 rings (SSSR count). The van der Waals surface area contributed by atoms with Crippen LogP contribution in [-0.2, 0) is 10.3 Å². The van der Waals surface area contributed by atoms with Crippen LogP contribution in [-0.4, -0.2) is 27.0 Å². The number of halogens is 2. The topological polar surface area (TPSA) is 70.7 Å². The molecule has 1 aromatic heterocycles. The van der Waals surface area contributed by atoms with E-state index in [2.05, 4.69) is 20.5 Å². The van der Waals surface area contributed by atoms with Gasteiger partial charge < -0.3 is 5.32 Å². The van der Waals surface area contributed by atoms with Crippen LogP contribution < -0.4 is 5.32 Å². The van der Waals surface area contributed by atoms with Crippen molar-refractivity contribution in [3.05, 3.63) is 12.2 Å².